The molecule has 5 nitrogen and oxygen atoms in total. The van der Waals surface area contributed by atoms with Crippen LogP contribution in [-0.2, 0) is 6.42 Å². The average molecular weight is 437 g/mol. The Morgan fingerprint density at radius 1 is 0.935 bits per heavy atom. The molecule has 31 heavy (non-hydrogen) atoms. The fraction of sp³-hybridized carbons (Fsp3) is 0.520. The SMILES string of the molecule is CCc1cc(=[N+]2CCN(C)CC2)cc2sc3cc(N4CCN(C)CC4)cc(C)c3nc1-2. The fourth-order valence-corrected chi connectivity index (χ4v) is 5.97. The molecule has 164 valence electrons. The molecule has 3 aliphatic heterocycles. The number of hydrogen-bond donors (Lipinski definition) is 0. The Kier molecular flexibility index (Phi) is 5.71. The van der Waals surface area contributed by atoms with Crippen LogP contribution in [0.25, 0.3) is 20.8 Å². The number of benzene rings is 2. The van der Waals surface area contributed by atoms with Gasteiger partial charge in [0.25, 0.3) is 0 Å². The zero-order chi connectivity index (χ0) is 21.5. The number of fused-ring (bicyclic) bond motifs is 2. The van der Waals surface area contributed by atoms with Crippen LogP contribution in [0.15, 0.2) is 24.3 Å². The minimum atomic E-state index is 1.02. The first-order valence-corrected chi connectivity index (χ1v) is 12.4. The molecule has 3 heterocycles. The minimum Gasteiger partial charge on any atom is -0.369 e. The van der Waals surface area contributed by atoms with Crippen molar-refractivity contribution in [3.63, 3.8) is 0 Å². The van der Waals surface area contributed by atoms with E-state index in [1.54, 1.807) is 0 Å². The van der Waals surface area contributed by atoms with Gasteiger partial charge in [-0.3, -0.25) is 4.90 Å². The van der Waals surface area contributed by atoms with E-state index in [9.17, 15) is 0 Å². The number of likely N-dealkylation sites (N-methyl/N-ethyl adjacent to an activating group) is 2. The third-order valence-electron chi connectivity index (χ3n) is 6.95. The predicted molar refractivity (Wildman–Crippen MR) is 133 cm³/mol. The van der Waals surface area contributed by atoms with Gasteiger partial charge in [0.1, 0.15) is 0 Å². The summed E-state index contributed by atoms with van der Waals surface area (Å²) in [7, 11) is 4.43. The molecule has 1 aromatic carbocycles. The van der Waals surface area contributed by atoms with Crippen molar-refractivity contribution in [2.75, 3.05) is 71.4 Å². The van der Waals surface area contributed by atoms with Crippen LogP contribution in [0.3, 0.4) is 0 Å². The lowest BCUT2D eigenvalue weighted by molar-refractivity contribution is 0.267. The molecule has 0 N–H and O–H groups in total. The first-order valence-electron chi connectivity index (χ1n) is 11.6. The lowest BCUT2D eigenvalue weighted by atomic mass is 10.1. The maximum atomic E-state index is 5.20. The van der Waals surface area contributed by atoms with Crippen LogP contribution < -0.4 is 14.8 Å². The molecule has 4 aliphatic rings. The van der Waals surface area contributed by atoms with Crippen molar-refractivity contribution in [3.05, 3.63) is 40.7 Å². The van der Waals surface area contributed by atoms with Gasteiger partial charge >= 0.3 is 0 Å². The normalized spacial score (nSPS) is 19.0. The lowest BCUT2D eigenvalue weighted by Crippen LogP contribution is -2.46. The van der Waals surface area contributed by atoms with Crippen molar-refractivity contribution in [1.29, 1.82) is 0 Å². The highest BCUT2D eigenvalue weighted by Gasteiger charge is 2.21. The second kappa shape index (κ2) is 8.49. The maximum Gasteiger partial charge on any atom is 0.201 e. The highest BCUT2D eigenvalue weighted by Crippen LogP contribution is 2.35. The highest BCUT2D eigenvalue weighted by molar-refractivity contribution is 7.21. The molecule has 6 heteroatoms. The van der Waals surface area contributed by atoms with E-state index in [2.05, 4.69) is 71.5 Å². The molecule has 5 rings (SSSR count). The smallest absolute Gasteiger partial charge is 0.201 e. The largest absolute Gasteiger partial charge is 0.369 e. The second-order valence-corrected chi connectivity index (χ2v) is 10.3. The Bertz CT molecular complexity index is 1130. The molecule has 0 aromatic heterocycles. The van der Waals surface area contributed by atoms with Crippen LogP contribution in [0, 0.1) is 6.92 Å². The lowest BCUT2D eigenvalue weighted by Gasteiger charge is -2.34. The van der Waals surface area contributed by atoms with Gasteiger partial charge in [0.2, 0.25) is 5.36 Å². The van der Waals surface area contributed by atoms with E-state index in [0.717, 1.165) is 64.3 Å². The zero-order valence-corrected chi connectivity index (χ0v) is 20.1. The van der Waals surface area contributed by atoms with Gasteiger partial charge < -0.3 is 9.80 Å². The minimum absolute atomic E-state index is 1.02. The van der Waals surface area contributed by atoms with Gasteiger partial charge in [0, 0.05) is 44.0 Å². The number of hydrogen-bond acceptors (Lipinski definition) is 5. The molecule has 0 spiro atoms. The number of anilines is 1. The quantitative estimate of drug-likeness (QED) is 0.456. The first kappa shape index (κ1) is 20.9. The summed E-state index contributed by atoms with van der Waals surface area (Å²) in [5.74, 6) is 0. The molecule has 0 unspecified atom stereocenters. The van der Waals surface area contributed by atoms with Gasteiger partial charge in [0.05, 0.1) is 33.9 Å². The van der Waals surface area contributed by atoms with Gasteiger partial charge in [-0.25, -0.2) is 9.56 Å². The van der Waals surface area contributed by atoms with E-state index in [0.29, 0.717) is 0 Å². The van der Waals surface area contributed by atoms with Gasteiger partial charge in [-0.2, -0.15) is 0 Å². The van der Waals surface area contributed by atoms with Crippen molar-refractivity contribution in [2.45, 2.75) is 20.3 Å². The first-order chi connectivity index (χ1) is 15.0. The van der Waals surface area contributed by atoms with Crippen LogP contribution in [0.1, 0.15) is 18.1 Å². The monoisotopic (exact) mass is 436 g/mol. The van der Waals surface area contributed by atoms with E-state index in [1.807, 2.05) is 11.3 Å². The van der Waals surface area contributed by atoms with Gasteiger partial charge in [-0.15, -0.1) is 11.3 Å². The molecule has 1 aromatic rings. The molecular formula is C25H34N5S+. The van der Waals surface area contributed by atoms with E-state index < -0.39 is 0 Å². The number of aromatic nitrogens is 1. The Morgan fingerprint density at radius 2 is 1.65 bits per heavy atom. The highest BCUT2D eigenvalue weighted by atomic mass is 32.1. The molecule has 1 aliphatic carbocycles. The number of piperazine rings is 2. The summed E-state index contributed by atoms with van der Waals surface area (Å²) in [4.78, 5) is 13.9. The summed E-state index contributed by atoms with van der Waals surface area (Å²) >= 11 is 1.92. The predicted octanol–water partition coefficient (Wildman–Crippen LogP) is 2.74. The van der Waals surface area contributed by atoms with Crippen LogP contribution in [-0.4, -0.2) is 81.2 Å². The molecular weight excluding hydrogens is 402 g/mol. The van der Waals surface area contributed by atoms with Crippen molar-refractivity contribution >= 4 is 27.2 Å². The van der Waals surface area contributed by atoms with E-state index in [-0.39, 0.29) is 0 Å². The molecule has 2 saturated heterocycles. The molecule has 0 bridgehead atoms. The van der Waals surface area contributed by atoms with Crippen molar-refractivity contribution in [1.82, 2.24) is 19.4 Å². The van der Waals surface area contributed by atoms with Crippen LogP contribution in [0.5, 0.6) is 0 Å². The molecule has 0 amide bonds. The Morgan fingerprint density at radius 3 is 2.35 bits per heavy atom. The molecule has 0 saturated carbocycles. The summed E-state index contributed by atoms with van der Waals surface area (Å²) in [5.41, 5.74) is 6.36. The number of aryl methyl sites for hydroxylation is 2. The van der Waals surface area contributed by atoms with E-state index in [1.165, 1.54) is 37.4 Å². The molecule has 2 fully saturated rings. The Balaban J connectivity index is 1.64. The fourth-order valence-electron chi connectivity index (χ4n) is 4.80. The average Bonchev–Trinajstić information content (AvgIpc) is 2.78. The van der Waals surface area contributed by atoms with Crippen molar-refractivity contribution in [3.8, 4) is 10.6 Å². The Hall–Kier alpha value is -2.02. The summed E-state index contributed by atoms with van der Waals surface area (Å²) in [6.45, 7) is 13.4. The standard InChI is InChI=1S/C25H34N5S/c1-5-19-15-21(30-12-8-28(4)9-13-30)17-23-25(19)26-24-18(2)14-20(16-22(24)31-23)29-10-6-27(3)7-11-29/h14-17H,5-13H2,1-4H3/q+1. The topological polar surface area (TPSA) is 25.6 Å². The summed E-state index contributed by atoms with van der Waals surface area (Å²) < 4.78 is 3.85. The van der Waals surface area contributed by atoms with Crippen molar-refractivity contribution < 1.29 is 0 Å². The third kappa shape index (κ3) is 4.09. The summed E-state index contributed by atoms with van der Waals surface area (Å²) in [5, 5.41) is 1.36. The van der Waals surface area contributed by atoms with E-state index >= 15 is 0 Å². The maximum absolute atomic E-state index is 5.20. The van der Waals surface area contributed by atoms with Gasteiger partial charge in [-0.05, 0) is 50.7 Å². The van der Waals surface area contributed by atoms with Crippen molar-refractivity contribution in [2.24, 2.45) is 0 Å². The van der Waals surface area contributed by atoms with E-state index in [4.69, 9.17) is 4.98 Å². The zero-order valence-electron chi connectivity index (χ0n) is 19.3. The number of nitrogens with zero attached hydrogens (tertiary/aromatic N) is 5. The molecule has 0 radical (unpaired) electrons. The van der Waals surface area contributed by atoms with Gasteiger partial charge in [0.15, 0.2) is 13.1 Å². The van der Waals surface area contributed by atoms with Crippen LogP contribution in [0.4, 0.5) is 5.69 Å². The van der Waals surface area contributed by atoms with Crippen LogP contribution >= 0.6 is 11.3 Å². The Labute approximate surface area is 189 Å². The van der Waals surface area contributed by atoms with Gasteiger partial charge in [-0.1, -0.05) is 6.92 Å². The molecule has 0 atom stereocenters. The summed E-state index contributed by atoms with van der Waals surface area (Å²) in [6, 6.07) is 9.48. The summed E-state index contributed by atoms with van der Waals surface area (Å²) in [6.07, 6.45) is 1.02. The third-order valence-corrected chi connectivity index (χ3v) is 8.01. The van der Waals surface area contributed by atoms with Crippen LogP contribution in [0.2, 0.25) is 0 Å². The second-order valence-electron chi connectivity index (χ2n) is 9.21. The number of rotatable bonds is 2.